The Bertz CT molecular complexity index is 831. The van der Waals surface area contributed by atoms with Crippen LogP contribution in [0.25, 0.3) is 10.6 Å². The third-order valence-electron chi connectivity index (χ3n) is 3.31. The van der Waals surface area contributed by atoms with E-state index in [-0.39, 0.29) is 0 Å². The van der Waals surface area contributed by atoms with Crippen LogP contribution in [0.3, 0.4) is 0 Å². The van der Waals surface area contributed by atoms with Gasteiger partial charge in [-0.3, -0.25) is 0 Å². The van der Waals surface area contributed by atoms with Crippen molar-refractivity contribution in [2.75, 3.05) is 0 Å². The van der Waals surface area contributed by atoms with Crippen molar-refractivity contribution < 1.29 is 0 Å². The van der Waals surface area contributed by atoms with Crippen LogP contribution in [0.5, 0.6) is 0 Å². The van der Waals surface area contributed by atoms with E-state index in [2.05, 4.69) is 66.1 Å². The molecule has 0 amide bonds. The number of allylic oxidation sites excluding steroid dienone is 1. The fourth-order valence-corrected chi connectivity index (χ4v) is 4.23. The summed E-state index contributed by atoms with van der Waals surface area (Å²) in [6, 6.07) is 10.6. The third-order valence-corrected chi connectivity index (χ3v) is 5.07. The van der Waals surface area contributed by atoms with Gasteiger partial charge in [-0.1, -0.05) is 18.2 Å². The predicted octanol–water partition coefficient (Wildman–Crippen LogP) is 5.31. The normalized spacial score (nSPS) is 11.8. The van der Waals surface area contributed by atoms with E-state index in [1.54, 1.807) is 22.7 Å². The average Bonchev–Trinajstić information content (AvgIpc) is 3.08. The van der Waals surface area contributed by atoms with Crippen molar-refractivity contribution in [1.82, 2.24) is 4.57 Å². The Morgan fingerprint density at radius 3 is 2.59 bits per heavy atom. The van der Waals surface area contributed by atoms with E-state index >= 15 is 0 Å². The zero-order valence-corrected chi connectivity index (χ0v) is 14.4. The van der Waals surface area contributed by atoms with Crippen LogP contribution in [0.4, 0.5) is 5.69 Å². The van der Waals surface area contributed by atoms with Gasteiger partial charge in [0.2, 0.25) is 0 Å². The lowest BCUT2D eigenvalue weighted by Crippen LogP contribution is -2.14. The molecule has 0 bridgehead atoms. The molecule has 0 saturated heterocycles. The molecule has 1 aromatic carbocycles. The molecule has 4 heteroatoms. The summed E-state index contributed by atoms with van der Waals surface area (Å²) in [4.78, 5) is 7.12. The van der Waals surface area contributed by atoms with Gasteiger partial charge in [-0.15, -0.1) is 29.3 Å². The fourth-order valence-electron chi connectivity index (χ4n) is 2.47. The molecule has 0 N–H and O–H groups in total. The predicted molar refractivity (Wildman–Crippen MR) is 97.0 cm³/mol. The molecule has 0 aliphatic carbocycles. The minimum atomic E-state index is 0.764. The fraction of sp³-hybridized carbons (Fsp3) is 0.167. The van der Waals surface area contributed by atoms with Crippen LogP contribution in [0.15, 0.2) is 58.7 Å². The zero-order valence-electron chi connectivity index (χ0n) is 12.7. The lowest BCUT2D eigenvalue weighted by Gasteiger charge is -2.04. The summed E-state index contributed by atoms with van der Waals surface area (Å²) in [7, 11) is 0. The maximum atomic E-state index is 4.85. The van der Waals surface area contributed by atoms with Gasteiger partial charge in [0.05, 0.1) is 16.3 Å². The lowest BCUT2D eigenvalue weighted by molar-refractivity contribution is 0.802. The van der Waals surface area contributed by atoms with Crippen LogP contribution < -0.4 is 4.80 Å². The number of aromatic nitrogens is 1. The molecular weight excluding hydrogens is 308 g/mol. The number of thiazole rings is 1. The van der Waals surface area contributed by atoms with Crippen molar-refractivity contribution in [1.29, 1.82) is 0 Å². The van der Waals surface area contributed by atoms with Crippen LogP contribution in [0.2, 0.25) is 0 Å². The number of hydrogen-bond acceptors (Lipinski definition) is 3. The van der Waals surface area contributed by atoms with Gasteiger partial charge in [0.25, 0.3) is 0 Å². The van der Waals surface area contributed by atoms with Gasteiger partial charge in [0.15, 0.2) is 4.80 Å². The van der Waals surface area contributed by atoms with Crippen molar-refractivity contribution >= 4 is 28.4 Å². The summed E-state index contributed by atoms with van der Waals surface area (Å²) in [6.45, 7) is 8.86. The first-order chi connectivity index (χ1) is 10.7. The number of hydrogen-bond donors (Lipinski definition) is 0. The quantitative estimate of drug-likeness (QED) is 0.578. The summed E-state index contributed by atoms with van der Waals surface area (Å²) in [5, 5.41) is 4.28. The van der Waals surface area contributed by atoms with Crippen LogP contribution in [0.1, 0.15) is 11.1 Å². The second kappa shape index (κ2) is 6.46. The Morgan fingerprint density at radius 2 is 1.95 bits per heavy atom. The topological polar surface area (TPSA) is 17.3 Å². The van der Waals surface area contributed by atoms with E-state index in [1.165, 1.54) is 21.7 Å². The monoisotopic (exact) mass is 326 g/mol. The molecule has 3 aromatic rings. The van der Waals surface area contributed by atoms with Crippen LogP contribution >= 0.6 is 22.7 Å². The summed E-state index contributed by atoms with van der Waals surface area (Å²) < 4.78 is 2.22. The van der Waals surface area contributed by atoms with E-state index in [4.69, 9.17) is 4.99 Å². The Balaban J connectivity index is 2.14. The highest BCUT2D eigenvalue weighted by Crippen LogP contribution is 2.25. The Kier molecular flexibility index (Phi) is 4.41. The molecule has 0 radical (unpaired) electrons. The first-order valence-corrected chi connectivity index (χ1v) is 8.89. The van der Waals surface area contributed by atoms with Gasteiger partial charge in [-0.25, -0.2) is 4.99 Å². The minimum Gasteiger partial charge on any atom is -0.312 e. The van der Waals surface area contributed by atoms with Gasteiger partial charge >= 0.3 is 0 Å². The van der Waals surface area contributed by atoms with Gasteiger partial charge in [0, 0.05) is 11.9 Å². The van der Waals surface area contributed by atoms with Crippen molar-refractivity contribution in [2.24, 2.45) is 4.99 Å². The van der Waals surface area contributed by atoms with Crippen LogP contribution in [-0.2, 0) is 6.54 Å². The number of thiophene rings is 1. The van der Waals surface area contributed by atoms with E-state index in [0.29, 0.717) is 0 Å². The maximum absolute atomic E-state index is 4.85. The molecule has 2 heterocycles. The molecule has 2 aromatic heterocycles. The van der Waals surface area contributed by atoms with E-state index < -0.39 is 0 Å². The number of rotatable bonds is 4. The highest BCUT2D eigenvalue weighted by molar-refractivity contribution is 7.14. The van der Waals surface area contributed by atoms with Crippen molar-refractivity contribution in [3.8, 4) is 10.6 Å². The summed E-state index contributed by atoms with van der Waals surface area (Å²) in [6.07, 6.45) is 1.92. The molecule has 22 heavy (non-hydrogen) atoms. The molecule has 0 atom stereocenters. The van der Waals surface area contributed by atoms with Crippen molar-refractivity contribution in [2.45, 2.75) is 20.4 Å². The molecule has 0 unspecified atom stereocenters. The number of nitrogens with zero attached hydrogens (tertiary/aromatic N) is 2. The second-order valence-corrected chi connectivity index (χ2v) is 7.02. The van der Waals surface area contributed by atoms with Gasteiger partial charge in [0.1, 0.15) is 0 Å². The van der Waals surface area contributed by atoms with Crippen LogP contribution in [-0.4, -0.2) is 4.57 Å². The van der Waals surface area contributed by atoms with E-state index in [9.17, 15) is 0 Å². The largest absolute Gasteiger partial charge is 0.312 e. The molecular formula is C18H18N2S2. The van der Waals surface area contributed by atoms with Gasteiger partial charge in [-0.05, 0) is 48.6 Å². The lowest BCUT2D eigenvalue weighted by atomic mass is 10.1. The first-order valence-electron chi connectivity index (χ1n) is 7.13. The van der Waals surface area contributed by atoms with Gasteiger partial charge < -0.3 is 4.57 Å². The molecule has 0 saturated carbocycles. The Hall–Kier alpha value is -1.91. The van der Waals surface area contributed by atoms with Crippen LogP contribution in [0, 0.1) is 13.8 Å². The molecule has 0 spiro atoms. The van der Waals surface area contributed by atoms with E-state index in [1.807, 2.05) is 6.08 Å². The number of aryl methyl sites for hydroxylation is 2. The number of benzene rings is 1. The highest BCUT2D eigenvalue weighted by Gasteiger charge is 2.08. The van der Waals surface area contributed by atoms with Gasteiger partial charge in [-0.2, -0.15) is 0 Å². The standard InChI is InChI=1S/C18H18N2S2/c1-4-7-20-16(17-6-5-8-21-17)12-22-18(20)19-15-10-13(2)9-14(3)11-15/h4-6,8-12H,1,7H2,2-3H3. The summed E-state index contributed by atoms with van der Waals surface area (Å²) in [5.74, 6) is 0. The molecule has 3 rings (SSSR count). The highest BCUT2D eigenvalue weighted by atomic mass is 32.1. The van der Waals surface area contributed by atoms with E-state index in [0.717, 1.165) is 17.0 Å². The first kappa shape index (κ1) is 15.0. The average molecular weight is 326 g/mol. The Morgan fingerprint density at radius 1 is 1.18 bits per heavy atom. The zero-order chi connectivity index (χ0) is 15.5. The molecule has 0 aliphatic heterocycles. The third kappa shape index (κ3) is 3.13. The smallest absolute Gasteiger partial charge is 0.190 e. The van der Waals surface area contributed by atoms with Crippen molar-refractivity contribution in [3.63, 3.8) is 0 Å². The Labute approximate surface area is 138 Å². The summed E-state index contributed by atoms with van der Waals surface area (Å²) >= 11 is 3.43. The molecule has 2 nitrogen and oxygen atoms in total. The van der Waals surface area contributed by atoms with Crippen molar-refractivity contribution in [3.05, 3.63) is 69.7 Å². The SMILES string of the molecule is C=CCn1c(-c2cccs2)csc1=Nc1cc(C)cc(C)c1. The maximum Gasteiger partial charge on any atom is 0.190 e. The second-order valence-electron chi connectivity index (χ2n) is 5.24. The minimum absolute atomic E-state index is 0.764. The molecule has 112 valence electrons. The molecule has 0 aliphatic rings. The summed E-state index contributed by atoms with van der Waals surface area (Å²) in [5.41, 5.74) is 4.70. The molecule has 0 fully saturated rings.